The van der Waals surface area contributed by atoms with Gasteiger partial charge in [-0.05, 0) is 43.8 Å². The molecule has 2 aromatic carbocycles. The summed E-state index contributed by atoms with van der Waals surface area (Å²) < 4.78 is 0. The van der Waals surface area contributed by atoms with Crippen molar-refractivity contribution in [2.75, 3.05) is 30.3 Å². The first-order chi connectivity index (χ1) is 11.6. The third-order valence-electron chi connectivity index (χ3n) is 4.08. The zero-order valence-electron chi connectivity index (χ0n) is 14.8. The quantitative estimate of drug-likeness (QED) is 0.774. The zero-order valence-corrected chi connectivity index (χ0v) is 14.8. The monoisotopic (exact) mass is 325 g/mol. The number of aryl methyl sites for hydroxylation is 1. The summed E-state index contributed by atoms with van der Waals surface area (Å²) in [5, 5.41) is 6.17. The number of carbonyl (C=O) groups excluding carboxylic acids is 1. The molecule has 0 aliphatic heterocycles. The number of nitrogens with one attached hydrogen (secondary N) is 2. The highest BCUT2D eigenvalue weighted by Crippen LogP contribution is 2.17. The summed E-state index contributed by atoms with van der Waals surface area (Å²) in [5.74, 6) is -0.0449. The molecule has 2 N–H and O–H groups in total. The molecule has 4 heteroatoms. The number of nitrogens with zero attached hydrogens (tertiary/aromatic N) is 1. The summed E-state index contributed by atoms with van der Waals surface area (Å²) in [6.07, 6.45) is 0. The molecule has 0 heterocycles. The van der Waals surface area contributed by atoms with Crippen LogP contribution < -0.4 is 10.6 Å². The summed E-state index contributed by atoms with van der Waals surface area (Å²) in [4.78, 5) is 14.5. The van der Waals surface area contributed by atoms with E-state index in [1.807, 2.05) is 49.4 Å². The van der Waals surface area contributed by atoms with E-state index in [0.29, 0.717) is 0 Å². The van der Waals surface area contributed by atoms with Gasteiger partial charge in [0.1, 0.15) is 0 Å². The molecule has 0 radical (unpaired) electrons. The molecule has 2 rings (SSSR count). The molecule has 2 aromatic rings. The maximum absolute atomic E-state index is 12.1. The first-order valence-corrected chi connectivity index (χ1v) is 8.53. The maximum atomic E-state index is 12.1. The first kappa shape index (κ1) is 18.0. The van der Waals surface area contributed by atoms with Crippen LogP contribution in [-0.4, -0.2) is 30.4 Å². The fourth-order valence-corrected chi connectivity index (χ4v) is 2.54. The SMILES string of the molecule is CCN(CC)Cc1ccccc1NCC(=O)Nc1ccc(C)cc1. The van der Waals surface area contributed by atoms with E-state index in [0.717, 1.165) is 31.0 Å². The van der Waals surface area contributed by atoms with E-state index in [-0.39, 0.29) is 12.5 Å². The second-order valence-corrected chi connectivity index (χ2v) is 5.89. The predicted octanol–water partition coefficient (Wildman–Crippen LogP) is 3.89. The van der Waals surface area contributed by atoms with Gasteiger partial charge in [-0.2, -0.15) is 0 Å². The van der Waals surface area contributed by atoms with Crippen LogP contribution in [0.3, 0.4) is 0 Å². The summed E-state index contributed by atoms with van der Waals surface area (Å²) in [6.45, 7) is 9.51. The lowest BCUT2D eigenvalue weighted by Crippen LogP contribution is -2.25. The van der Waals surface area contributed by atoms with E-state index in [2.05, 4.69) is 35.4 Å². The van der Waals surface area contributed by atoms with Crippen LogP contribution in [0, 0.1) is 6.92 Å². The van der Waals surface area contributed by atoms with Crippen molar-refractivity contribution in [1.82, 2.24) is 4.90 Å². The van der Waals surface area contributed by atoms with E-state index >= 15 is 0 Å². The Hall–Kier alpha value is -2.33. The van der Waals surface area contributed by atoms with Gasteiger partial charge in [0, 0.05) is 17.9 Å². The fourth-order valence-electron chi connectivity index (χ4n) is 2.54. The van der Waals surface area contributed by atoms with E-state index in [1.54, 1.807) is 0 Å². The molecule has 0 aliphatic carbocycles. The minimum absolute atomic E-state index is 0.0449. The largest absolute Gasteiger partial charge is 0.376 e. The number of para-hydroxylation sites is 1. The van der Waals surface area contributed by atoms with Crippen LogP contribution in [0.15, 0.2) is 48.5 Å². The molecule has 1 amide bonds. The molecular weight excluding hydrogens is 298 g/mol. The molecule has 0 fully saturated rings. The molecule has 128 valence electrons. The number of amides is 1. The van der Waals surface area contributed by atoms with Crippen LogP contribution >= 0.6 is 0 Å². The van der Waals surface area contributed by atoms with Crippen molar-refractivity contribution >= 4 is 17.3 Å². The first-order valence-electron chi connectivity index (χ1n) is 8.53. The molecule has 0 bridgehead atoms. The fraction of sp³-hybridized carbons (Fsp3) is 0.350. The van der Waals surface area contributed by atoms with Crippen LogP contribution in [0.1, 0.15) is 25.0 Å². The van der Waals surface area contributed by atoms with Crippen molar-refractivity contribution in [3.05, 3.63) is 59.7 Å². The van der Waals surface area contributed by atoms with Gasteiger partial charge in [0.05, 0.1) is 6.54 Å². The Morgan fingerprint density at radius 3 is 2.33 bits per heavy atom. The highest BCUT2D eigenvalue weighted by atomic mass is 16.1. The summed E-state index contributed by atoms with van der Waals surface area (Å²) in [6, 6.07) is 16.0. The summed E-state index contributed by atoms with van der Waals surface area (Å²) in [5.41, 5.74) is 4.23. The van der Waals surface area contributed by atoms with Crippen molar-refractivity contribution in [3.8, 4) is 0 Å². The Kier molecular flexibility index (Phi) is 6.82. The Labute approximate surface area is 144 Å². The highest BCUT2D eigenvalue weighted by molar-refractivity contribution is 5.93. The lowest BCUT2D eigenvalue weighted by atomic mass is 10.1. The molecular formula is C20H27N3O. The van der Waals surface area contributed by atoms with Crippen LogP contribution in [0.25, 0.3) is 0 Å². The number of rotatable bonds is 8. The second kappa shape index (κ2) is 9.08. The van der Waals surface area contributed by atoms with Crippen molar-refractivity contribution in [2.45, 2.75) is 27.3 Å². The Morgan fingerprint density at radius 1 is 1.00 bits per heavy atom. The molecule has 0 aromatic heterocycles. The highest BCUT2D eigenvalue weighted by Gasteiger charge is 2.08. The molecule has 0 aliphatic rings. The molecule has 0 saturated heterocycles. The van der Waals surface area contributed by atoms with Gasteiger partial charge in [-0.3, -0.25) is 9.69 Å². The van der Waals surface area contributed by atoms with Crippen molar-refractivity contribution in [3.63, 3.8) is 0 Å². The Balaban J connectivity index is 1.93. The zero-order chi connectivity index (χ0) is 17.4. The van der Waals surface area contributed by atoms with Crippen molar-refractivity contribution in [1.29, 1.82) is 0 Å². The van der Waals surface area contributed by atoms with Crippen LogP contribution in [0.4, 0.5) is 11.4 Å². The van der Waals surface area contributed by atoms with Crippen LogP contribution in [0.2, 0.25) is 0 Å². The molecule has 0 unspecified atom stereocenters. The molecule has 0 spiro atoms. The minimum atomic E-state index is -0.0449. The standard InChI is InChI=1S/C20H27N3O/c1-4-23(5-2)15-17-8-6-7-9-19(17)21-14-20(24)22-18-12-10-16(3)11-13-18/h6-13,21H,4-5,14-15H2,1-3H3,(H,22,24). The maximum Gasteiger partial charge on any atom is 0.243 e. The van der Waals surface area contributed by atoms with E-state index in [9.17, 15) is 4.79 Å². The van der Waals surface area contributed by atoms with Gasteiger partial charge >= 0.3 is 0 Å². The smallest absolute Gasteiger partial charge is 0.243 e. The summed E-state index contributed by atoms with van der Waals surface area (Å²) in [7, 11) is 0. The van der Waals surface area contributed by atoms with Crippen molar-refractivity contribution in [2.24, 2.45) is 0 Å². The summed E-state index contributed by atoms with van der Waals surface area (Å²) >= 11 is 0. The van der Waals surface area contributed by atoms with Gasteiger partial charge in [-0.1, -0.05) is 49.7 Å². The van der Waals surface area contributed by atoms with E-state index in [4.69, 9.17) is 0 Å². The number of hydrogen-bond acceptors (Lipinski definition) is 3. The lowest BCUT2D eigenvalue weighted by Gasteiger charge is -2.20. The van der Waals surface area contributed by atoms with Gasteiger partial charge in [0.15, 0.2) is 0 Å². The van der Waals surface area contributed by atoms with Gasteiger partial charge in [0.25, 0.3) is 0 Å². The Bertz CT molecular complexity index is 648. The average Bonchev–Trinajstić information content (AvgIpc) is 2.60. The van der Waals surface area contributed by atoms with E-state index < -0.39 is 0 Å². The molecule has 0 saturated carbocycles. The number of benzene rings is 2. The third-order valence-corrected chi connectivity index (χ3v) is 4.08. The van der Waals surface area contributed by atoms with Gasteiger partial charge in [-0.25, -0.2) is 0 Å². The normalized spacial score (nSPS) is 10.7. The third kappa shape index (κ3) is 5.39. The number of anilines is 2. The molecule has 4 nitrogen and oxygen atoms in total. The van der Waals surface area contributed by atoms with Gasteiger partial charge in [-0.15, -0.1) is 0 Å². The second-order valence-electron chi connectivity index (χ2n) is 5.89. The van der Waals surface area contributed by atoms with Gasteiger partial charge < -0.3 is 10.6 Å². The Morgan fingerprint density at radius 2 is 1.67 bits per heavy atom. The van der Waals surface area contributed by atoms with Crippen molar-refractivity contribution < 1.29 is 4.79 Å². The lowest BCUT2D eigenvalue weighted by molar-refractivity contribution is -0.114. The molecule has 0 atom stereocenters. The number of carbonyl (C=O) groups is 1. The number of hydrogen-bond donors (Lipinski definition) is 2. The topological polar surface area (TPSA) is 44.4 Å². The van der Waals surface area contributed by atoms with Crippen LogP contribution in [0.5, 0.6) is 0 Å². The predicted molar refractivity (Wildman–Crippen MR) is 101 cm³/mol. The molecule has 24 heavy (non-hydrogen) atoms. The van der Waals surface area contributed by atoms with E-state index in [1.165, 1.54) is 11.1 Å². The minimum Gasteiger partial charge on any atom is -0.376 e. The van der Waals surface area contributed by atoms with Gasteiger partial charge in [0.2, 0.25) is 5.91 Å². The van der Waals surface area contributed by atoms with Crippen LogP contribution in [-0.2, 0) is 11.3 Å². The average molecular weight is 325 g/mol.